The lowest BCUT2D eigenvalue weighted by Crippen LogP contribution is -2.31. The number of carbonyl (C=O) groups excluding carboxylic acids is 1. The van der Waals surface area contributed by atoms with Crippen LogP contribution in [0, 0.1) is 29.1 Å². The van der Waals surface area contributed by atoms with Gasteiger partial charge in [-0.15, -0.1) is 10.2 Å². The predicted molar refractivity (Wildman–Crippen MR) is 169 cm³/mol. The van der Waals surface area contributed by atoms with Crippen molar-refractivity contribution in [2.45, 2.75) is 43.2 Å². The van der Waals surface area contributed by atoms with Crippen molar-refractivity contribution in [2.75, 3.05) is 5.75 Å². The van der Waals surface area contributed by atoms with Crippen molar-refractivity contribution in [1.82, 2.24) is 20.1 Å². The minimum absolute atomic E-state index is 0.0678. The Balaban J connectivity index is 1.20. The van der Waals surface area contributed by atoms with Gasteiger partial charge in [0.1, 0.15) is 11.9 Å². The largest absolute Gasteiger partial charge is 0.392 e. The second-order valence-electron chi connectivity index (χ2n) is 11.3. The van der Waals surface area contributed by atoms with Gasteiger partial charge in [-0.2, -0.15) is 0 Å². The number of carbonyl (C=O) groups is 1. The van der Waals surface area contributed by atoms with Crippen molar-refractivity contribution in [1.29, 1.82) is 0 Å². The molecule has 14 heteroatoms. The molecule has 0 unspecified atom stereocenters. The lowest BCUT2D eigenvalue weighted by Gasteiger charge is -2.36. The number of ether oxygens (including phenoxy) is 2. The van der Waals surface area contributed by atoms with E-state index in [1.54, 1.807) is 30.6 Å². The highest BCUT2D eigenvalue weighted by Crippen LogP contribution is 2.40. The molecule has 0 aliphatic carbocycles. The topological polar surface area (TPSA) is 98.5 Å². The summed E-state index contributed by atoms with van der Waals surface area (Å²) in [5, 5.41) is 20.6. The van der Waals surface area contributed by atoms with E-state index in [9.17, 15) is 31.9 Å². The molecule has 5 aromatic rings. The molecule has 1 aliphatic heterocycles. The normalized spacial score (nSPS) is 17.7. The quantitative estimate of drug-likeness (QED) is 0.0707. The summed E-state index contributed by atoms with van der Waals surface area (Å²) in [6, 6.07) is 21.8. The molecule has 6 rings (SSSR count). The van der Waals surface area contributed by atoms with E-state index in [-0.39, 0.29) is 25.4 Å². The molecule has 254 valence electrons. The van der Waals surface area contributed by atoms with E-state index >= 15 is 0 Å². The lowest BCUT2D eigenvalue weighted by atomic mass is 9.97. The molecule has 0 saturated carbocycles. The number of nitrogens with zero attached hydrogens (tertiary/aromatic N) is 3. The molecule has 3 atom stereocenters. The van der Waals surface area contributed by atoms with Crippen LogP contribution in [-0.4, -0.2) is 37.6 Å². The SMILES string of the molecule is Cn1cnnc1SC[C@H]1C[C@@H](c2ccc(CO)cc2)O[C@@H](c2ccc(-c3ccccc3CNC(=O)c3c(F)c(F)c(F)c(F)c3F)cc2)O1. The van der Waals surface area contributed by atoms with Crippen LogP contribution in [0.4, 0.5) is 22.0 Å². The van der Waals surface area contributed by atoms with E-state index < -0.39 is 46.8 Å². The number of nitrogens with one attached hydrogen (secondary N) is 1. The van der Waals surface area contributed by atoms with Crippen LogP contribution in [0.1, 0.15) is 51.4 Å². The van der Waals surface area contributed by atoms with Gasteiger partial charge in [-0.3, -0.25) is 4.79 Å². The van der Waals surface area contributed by atoms with E-state index in [4.69, 9.17) is 9.47 Å². The van der Waals surface area contributed by atoms with E-state index in [0.717, 1.165) is 27.4 Å². The lowest BCUT2D eigenvalue weighted by molar-refractivity contribution is -0.245. The number of aliphatic hydroxyl groups is 1. The molecule has 0 bridgehead atoms. The maximum Gasteiger partial charge on any atom is 0.257 e. The molecular formula is C35H29F5N4O4S. The zero-order chi connectivity index (χ0) is 34.7. The van der Waals surface area contributed by atoms with Crippen LogP contribution in [0.25, 0.3) is 11.1 Å². The summed E-state index contributed by atoms with van der Waals surface area (Å²) in [6.45, 7) is -0.325. The molecule has 1 amide bonds. The Morgan fingerprint density at radius 2 is 1.55 bits per heavy atom. The number of benzene rings is 4. The molecule has 2 N–H and O–H groups in total. The standard InChI is InChI=1S/C35H29F5N4O4S/c1-44-18-42-43-35(44)49-17-24-14-26(21-8-6-19(16-45)7-9-21)48-34(47-24)22-12-10-20(11-13-22)25-5-3-2-4-23(25)15-41-33(46)27-28(36)30(38)32(40)31(39)29(27)37/h2-13,18,24,26,34,45H,14-17H2,1H3,(H,41,46)/t24-,26+,34+/m1/s1. The van der Waals surface area contributed by atoms with E-state index in [1.807, 2.05) is 60.1 Å². The molecule has 8 nitrogen and oxygen atoms in total. The number of aliphatic hydroxyl groups excluding tert-OH is 1. The maximum absolute atomic E-state index is 14.2. The average Bonchev–Trinajstić information content (AvgIpc) is 3.55. The summed E-state index contributed by atoms with van der Waals surface area (Å²) in [7, 11) is 1.86. The van der Waals surface area contributed by atoms with Gasteiger partial charge in [0.05, 0.1) is 18.8 Å². The fraction of sp³-hybridized carbons (Fsp3) is 0.229. The second kappa shape index (κ2) is 14.9. The minimum Gasteiger partial charge on any atom is -0.392 e. The van der Waals surface area contributed by atoms with Gasteiger partial charge in [-0.25, -0.2) is 22.0 Å². The van der Waals surface area contributed by atoms with Crippen molar-refractivity contribution < 1.29 is 41.3 Å². The summed E-state index contributed by atoms with van der Waals surface area (Å²) >= 11 is 1.52. The Morgan fingerprint density at radius 1 is 0.898 bits per heavy atom. The Kier molecular flexibility index (Phi) is 10.4. The molecule has 0 radical (unpaired) electrons. The van der Waals surface area contributed by atoms with E-state index in [1.165, 1.54) is 11.8 Å². The fourth-order valence-electron chi connectivity index (χ4n) is 5.44. The first kappa shape index (κ1) is 34.2. The van der Waals surface area contributed by atoms with Crippen molar-refractivity contribution in [3.63, 3.8) is 0 Å². The molecule has 0 spiro atoms. The summed E-state index contributed by atoms with van der Waals surface area (Å²) in [5.41, 5.74) is 2.84. The third-order valence-electron chi connectivity index (χ3n) is 8.07. The second-order valence-corrected chi connectivity index (χ2v) is 12.3. The smallest absolute Gasteiger partial charge is 0.257 e. The van der Waals surface area contributed by atoms with Gasteiger partial charge in [0, 0.05) is 31.3 Å². The van der Waals surface area contributed by atoms with Gasteiger partial charge in [0.2, 0.25) is 5.82 Å². The number of thioether (sulfide) groups is 1. The molecule has 49 heavy (non-hydrogen) atoms. The van der Waals surface area contributed by atoms with Gasteiger partial charge in [0.25, 0.3) is 5.91 Å². The summed E-state index contributed by atoms with van der Waals surface area (Å²) in [6.07, 6.45) is 0.999. The number of hydrogen-bond donors (Lipinski definition) is 2. The number of hydrogen-bond acceptors (Lipinski definition) is 7. The van der Waals surface area contributed by atoms with Gasteiger partial charge < -0.3 is 24.5 Å². The highest BCUT2D eigenvalue weighted by Gasteiger charge is 2.33. The van der Waals surface area contributed by atoms with Gasteiger partial charge >= 0.3 is 0 Å². The number of aromatic nitrogens is 3. The summed E-state index contributed by atoms with van der Waals surface area (Å²) in [4.78, 5) is 12.6. The molecular weight excluding hydrogens is 667 g/mol. The third kappa shape index (κ3) is 7.37. The number of aryl methyl sites for hydroxylation is 1. The Morgan fingerprint density at radius 3 is 2.20 bits per heavy atom. The minimum atomic E-state index is -2.34. The molecule has 1 aromatic heterocycles. The molecule has 1 aliphatic rings. The monoisotopic (exact) mass is 696 g/mol. The van der Waals surface area contributed by atoms with Crippen LogP contribution < -0.4 is 5.32 Å². The highest BCUT2D eigenvalue weighted by atomic mass is 32.2. The number of rotatable bonds is 10. The first-order valence-electron chi connectivity index (χ1n) is 15.1. The molecule has 4 aromatic carbocycles. The number of halogens is 5. The summed E-state index contributed by atoms with van der Waals surface area (Å²) in [5.74, 6) is -12.0. The fourth-order valence-corrected chi connectivity index (χ4v) is 6.34. The molecule has 1 saturated heterocycles. The van der Waals surface area contributed by atoms with Crippen LogP contribution >= 0.6 is 11.8 Å². The zero-order valence-corrected chi connectivity index (χ0v) is 26.7. The van der Waals surface area contributed by atoms with Crippen molar-refractivity contribution in [2.24, 2.45) is 7.05 Å². The van der Waals surface area contributed by atoms with Gasteiger partial charge in [-0.05, 0) is 27.8 Å². The Bertz CT molecular complexity index is 1930. The Labute approximate surface area is 281 Å². The molecule has 1 fully saturated rings. The number of amides is 1. The van der Waals surface area contributed by atoms with Crippen molar-refractivity contribution in [3.8, 4) is 11.1 Å². The van der Waals surface area contributed by atoms with Crippen LogP contribution in [0.15, 0.2) is 84.3 Å². The van der Waals surface area contributed by atoms with Crippen molar-refractivity contribution in [3.05, 3.63) is 136 Å². The first-order valence-corrected chi connectivity index (χ1v) is 16.1. The molecule has 2 heterocycles. The van der Waals surface area contributed by atoms with Crippen LogP contribution in [-0.2, 0) is 29.7 Å². The average molecular weight is 697 g/mol. The van der Waals surface area contributed by atoms with E-state index in [0.29, 0.717) is 23.3 Å². The maximum atomic E-state index is 14.2. The zero-order valence-electron chi connectivity index (χ0n) is 25.9. The van der Waals surface area contributed by atoms with Crippen LogP contribution in [0.2, 0.25) is 0 Å². The summed E-state index contributed by atoms with van der Waals surface area (Å²) < 4.78 is 83.8. The first-order chi connectivity index (χ1) is 23.6. The van der Waals surface area contributed by atoms with Crippen LogP contribution in [0.3, 0.4) is 0 Å². The third-order valence-corrected chi connectivity index (χ3v) is 9.24. The predicted octanol–water partition coefficient (Wildman–Crippen LogP) is 6.94. The van der Waals surface area contributed by atoms with Gasteiger partial charge in [0.15, 0.2) is 34.7 Å². The van der Waals surface area contributed by atoms with Crippen molar-refractivity contribution >= 4 is 17.7 Å². The Hall–Kier alpha value is -4.63. The van der Waals surface area contributed by atoms with Crippen LogP contribution in [0.5, 0.6) is 0 Å². The highest BCUT2D eigenvalue weighted by molar-refractivity contribution is 7.99. The van der Waals surface area contributed by atoms with Gasteiger partial charge in [-0.1, -0.05) is 84.6 Å². The van der Waals surface area contributed by atoms with E-state index in [2.05, 4.69) is 15.5 Å².